The highest BCUT2D eigenvalue weighted by Gasteiger charge is 2.14. The van der Waals surface area contributed by atoms with Crippen molar-refractivity contribution in [3.63, 3.8) is 0 Å². The van der Waals surface area contributed by atoms with E-state index in [-0.39, 0.29) is 0 Å². The fourth-order valence-corrected chi connectivity index (χ4v) is 3.00. The van der Waals surface area contributed by atoms with E-state index in [0.29, 0.717) is 17.4 Å². The Bertz CT molecular complexity index is 834. The zero-order valence-electron chi connectivity index (χ0n) is 13.0. The lowest BCUT2D eigenvalue weighted by atomic mass is 9.97. The van der Waals surface area contributed by atoms with E-state index in [1.54, 1.807) is 6.07 Å². The highest BCUT2D eigenvalue weighted by molar-refractivity contribution is 5.99. The Morgan fingerprint density at radius 2 is 1.64 bits per heavy atom. The molecule has 0 fully saturated rings. The zero-order valence-corrected chi connectivity index (χ0v) is 13.0. The molecule has 3 aromatic rings. The van der Waals surface area contributed by atoms with Crippen molar-refractivity contribution in [2.75, 3.05) is 0 Å². The van der Waals surface area contributed by atoms with E-state index in [9.17, 15) is 8.78 Å². The molecule has 0 aliphatic heterocycles. The van der Waals surface area contributed by atoms with Gasteiger partial charge in [0.1, 0.15) is 0 Å². The summed E-state index contributed by atoms with van der Waals surface area (Å²) in [6.07, 6.45) is 3.60. The molecule has 3 rings (SSSR count). The number of fused-ring (bicyclic) bond motifs is 2. The number of rotatable bonds is 4. The van der Waals surface area contributed by atoms with E-state index in [0.717, 1.165) is 41.0 Å². The molecule has 0 aliphatic carbocycles. The van der Waals surface area contributed by atoms with E-state index in [4.69, 9.17) is 0 Å². The van der Waals surface area contributed by atoms with Gasteiger partial charge >= 0.3 is 0 Å². The standard InChI is InChI=1S/C20H20F2/c1-3-4-5-6-15-11-17-10-14-8-7-13(2)9-16(14)12-18(17)20(22)19(15)21/h7-12H,3-6H2,1-2H3. The Morgan fingerprint density at radius 1 is 0.818 bits per heavy atom. The lowest BCUT2D eigenvalue weighted by Crippen LogP contribution is -1.97. The van der Waals surface area contributed by atoms with Crippen LogP contribution in [-0.2, 0) is 6.42 Å². The van der Waals surface area contributed by atoms with Crippen molar-refractivity contribution in [2.45, 2.75) is 39.5 Å². The van der Waals surface area contributed by atoms with Gasteiger partial charge in [0.2, 0.25) is 0 Å². The maximum atomic E-state index is 14.4. The second-order valence-electron chi connectivity index (χ2n) is 6.04. The summed E-state index contributed by atoms with van der Waals surface area (Å²) < 4.78 is 28.7. The first-order valence-electron chi connectivity index (χ1n) is 7.91. The van der Waals surface area contributed by atoms with Crippen molar-refractivity contribution in [1.29, 1.82) is 0 Å². The average Bonchev–Trinajstić information content (AvgIpc) is 2.51. The van der Waals surface area contributed by atoms with Gasteiger partial charge < -0.3 is 0 Å². The van der Waals surface area contributed by atoms with E-state index < -0.39 is 11.6 Å². The Morgan fingerprint density at radius 3 is 2.41 bits per heavy atom. The van der Waals surface area contributed by atoms with Gasteiger partial charge in [-0.1, -0.05) is 43.5 Å². The van der Waals surface area contributed by atoms with Crippen LogP contribution >= 0.6 is 0 Å². The second-order valence-corrected chi connectivity index (χ2v) is 6.04. The Hall–Kier alpha value is -1.96. The minimum atomic E-state index is -0.715. The third-order valence-electron chi connectivity index (χ3n) is 4.25. The third kappa shape index (κ3) is 2.70. The van der Waals surface area contributed by atoms with Crippen LogP contribution in [0.4, 0.5) is 8.78 Å². The number of hydrogen-bond donors (Lipinski definition) is 0. The topological polar surface area (TPSA) is 0 Å². The Balaban J connectivity index is 2.16. The SMILES string of the molecule is CCCCCc1cc2cc3ccc(C)cc3cc2c(F)c1F. The first-order chi connectivity index (χ1) is 10.6. The van der Waals surface area contributed by atoms with E-state index in [1.807, 2.05) is 37.3 Å². The summed E-state index contributed by atoms with van der Waals surface area (Å²) >= 11 is 0. The van der Waals surface area contributed by atoms with Crippen molar-refractivity contribution >= 4 is 21.5 Å². The second kappa shape index (κ2) is 6.04. The van der Waals surface area contributed by atoms with Crippen LogP contribution in [0.3, 0.4) is 0 Å². The maximum absolute atomic E-state index is 14.4. The highest BCUT2D eigenvalue weighted by atomic mass is 19.2. The molecule has 22 heavy (non-hydrogen) atoms. The molecule has 0 N–H and O–H groups in total. The maximum Gasteiger partial charge on any atom is 0.166 e. The quantitative estimate of drug-likeness (QED) is 0.391. The molecule has 0 atom stereocenters. The third-order valence-corrected chi connectivity index (χ3v) is 4.25. The van der Waals surface area contributed by atoms with E-state index in [2.05, 4.69) is 6.92 Å². The first kappa shape index (κ1) is 15.0. The van der Waals surface area contributed by atoms with Gasteiger partial charge in [-0.3, -0.25) is 0 Å². The van der Waals surface area contributed by atoms with Crippen LogP contribution in [0.1, 0.15) is 37.3 Å². The van der Waals surface area contributed by atoms with Crippen LogP contribution in [0, 0.1) is 18.6 Å². The molecule has 0 unspecified atom stereocenters. The summed E-state index contributed by atoms with van der Waals surface area (Å²) in [5.74, 6) is -1.40. The summed E-state index contributed by atoms with van der Waals surface area (Å²) in [5, 5.41) is 3.16. The number of benzene rings is 3. The van der Waals surface area contributed by atoms with Gasteiger partial charge in [-0.15, -0.1) is 0 Å². The summed E-state index contributed by atoms with van der Waals surface area (Å²) in [7, 11) is 0. The minimum Gasteiger partial charge on any atom is -0.203 e. The molecule has 114 valence electrons. The average molecular weight is 298 g/mol. The van der Waals surface area contributed by atoms with Gasteiger partial charge in [-0.2, -0.15) is 0 Å². The Labute approximate surface area is 129 Å². The molecule has 0 aromatic heterocycles. The van der Waals surface area contributed by atoms with Crippen molar-refractivity contribution in [1.82, 2.24) is 0 Å². The molecule has 0 bridgehead atoms. The molecule has 0 amide bonds. The first-order valence-corrected chi connectivity index (χ1v) is 7.91. The van der Waals surface area contributed by atoms with Crippen LogP contribution in [0.5, 0.6) is 0 Å². The van der Waals surface area contributed by atoms with Gasteiger partial charge in [0, 0.05) is 5.39 Å². The van der Waals surface area contributed by atoms with Crippen LogP contribution in [-0.4, -0.2) is 0 Å². The lowest BCUT2D eigenvalue weighted by Gasteiger charge is -2.09. The van der Waals surface area contributed by atoms with E-state index in [1.165, 1.54) is 0 Å². The monoisotopic (exact) mass is 298 g/mol. The molecule has 0 aliphatic rings. The van der Waals surface area contributed by atoms with Crippen molar-refractivity contribution in [2.24, 2.45) is 0 Å². The summed E-state index contributed by atoms with van der Waals surface area (Å²) in [4.78, 5) is 0. The van der Waals surface area contributed by atoms with Gasteiger partial charge in [0.05, 0.1) is 0 Å². The van der Waals surface area contributed by atoms with Gasteiger partial charge in [0.15, 0.2) is 11.6 Å². The molecule has 0 spiro atoms. The molecular weight excluding hydrogens is 278 g/mol. The number of halogens is 2. The summed E-state index contributed by atoms with van der Waals surface area (Å²) in [6.45, 7) is 4.10. The molecule has 0 radical (unpaired) electrons. The molecule has 0 heterocycles. The fraction of sp³-hybridized carbons (Fsp3) is 0.300. The predicted molar refractivity (Wildman–Crippen MR) is 89.3 cm³/mol. The minimum absolute atomic E-state index is 0.370. The highest BCUT2D eigenvalue weighted by Crippen LogP contribution is 2.29. The fourth-order valence-electron chi connectivity index (χ4n) is 3.00. The predicted octanol–water partition coefficient (Wildman–Crippen LogP) is 6.31. The van der Waals surface area contributed by atoms with E-state index >= 15 is 0 Å². The molecule has 0 saturated heterocycles. The zero-order chi connectivity index (χ0) is 15.7. The number of unbranched alkanes of at least 4 members (excludes halogenated alkanes) is 2. The van der Waals surface area contributed by atoms with Gasteiger partial charge in [-0.05, 0) is 59.7 Å². The van der Waals surface area contributed by atoms with Crippen LogP contribution in [0.25, 0.3) is 21.5 Å². The molecular formula is C20H20F2. The lowest BCUT2D eigenvalue weighted by molar-refractivity contribution is 0.504. The normalized spacial score (nSPS) is 11.5. The summed E-state index contributed by atoms with van der Waals surface area (Å²) in [5.41, 5.74) is 1.61. The number of hydrogen-bond acceptors (Lipinski definition) is 0. The van der Waals surface area contributed by atoms with Crippen LogP contribution in [0.15, 0.2) is 36.4 Å². The van der Waals surface area contributed by atoms with Crippen molar-refractivity contribution in [3.8, 4) is 0 Å². The molecule has 3 aromatic carbocycles. The van der Waals surface area contributed by atoms with Crippen molar-refractivity contribution < 1.29 is 8.78 Å². The largest absolute Gasteiger partial charge is 0.203 e. The molecule has 0 nitrogen and oxygen atoms in total. The molecule has 2 heteroatoms. The number of aryl methyl sites for hydroxylation is 2. The van der Waals surface area contributed by atoms with Crippen LogP contribution in [0.2, 0.25) is 0 Å². The smallest absolute Gasteiger partial charge is 0.166 e. The molecule has 0 saturated carbocycles. The van der Waals surface area contributed by atoms with Crippen molar-refractivity contribution in [3.05, 3.63) is 59.2 Å². The van der Waals surface area contributed by atoms with Gasteiger partial charge in [-0.25, -0.2) is 8.78 Å². The van der Waals surface area contributed by atoms with Gasteiger partial charge in [0.25, 0.3) is 0 Å². The Kier molecular flexibility index (Phi) is 4.10. The summed E-state index contributed by atoms with van der Waals surface area (Å²) in [6, 6.07) is 11.6. The van der Waals surface area contributed by atoms with Crippen LogP contribution < -0.4 is 0 Å².